The molecule has 4 rings (SSSR count). The summed E-state index contributed by atoms with van der Waals surface area (Å²) >= 11 is 0. The Balaban J connectivity index is 1.70. The van der Waals surface area contributed by atoms with Crippen LogP contribution in [0, 0.1) is 0 Å². The number of pyridine rings is 1. The largest absolute Gasteiger partial charge is 0.489 e. The van der Waals surface area contributed by atoms with Gasteiger partial charge in [-0.15, -0.1) is 11.7 Å². The molecule has 1 fully saturated rings. The Morgan fingerprint density at radius 1 is 1.48 bits per heavy atom. The maximum atomic E-state index is 5.89. The zero-order valence-corrected chi connectivity index (χ0v) is 14.3. The van der Waals surface area contributed by atoms with Crippen molar-refractivity contribution in [3.05, 3.63) is 37.3 Å². The van der Waals surface area contributed by atoms with Crippen molar-refractivity contribution in [1.29, 1.82) is 0 Å². The van der Waals surface area contributed by atoms with Gasteiger partial charge in [0.2, 0.25) is 5.95 Å². The summed E-state index contributed by atoms with van der Waals surface area (Å²) in [5.41, 5.74) is 2.75. The first-order valence-electron chi connectivity index (χ1n) is 8.65. The van der Waals surface area contributed by atoms with Gasteiger partial charge in [0, 0.05) is 29.1 Å². The molecule has 7 nitrogen and oxygen atoms in total. The average molecular weight is 338 g/mol. The lowest BCUT2D eigenvalue weighted by atomic mass is 10.1. The van der Waals surface area contributed by atoms with Gasteiger partial charge in [-0.1, -0.05) is 6.08 Å². The van der Waals surface area contributed by atoms with E-state index in [1.807, 2.05) is 31.5 Å². The monoisotopic (exact) mass is 338 g/mol. The lowest BCUT2D eigenvalue weighted by Gasteiger charge is -2.14. The molecule has 0 bridgehead atoms. The minimum Gasteiger partial charge on any atom is -0.489 e. The number of aromatic nitrogens is 5. The van der Waals surface area contributed by atoms with Crippen LogP contribution in [0.4, 0.5) is 5.95 Å². The number of aromatic amines is 1. The van der Waals surface area contributed by atoms with E-state index >= 15 is 0 Å². The molecule has 3 aromatic rings. The Labute approximate surface area is 146 Å². The predicted octanol–water partition coefficient (Wildman–Crippen LogP) is 3.43. The van der Waals surface area contributed by atoms with Gasteiger partial charge >= 0.3 is 0 Å². The molecule has 0 atom stereocenters. The quantitative estimate of drug-likeness (QED) is 0.615. The third-order valence-electron chi connectivity index (χ3n) is 4.62. The first-order valence-corrected chi connectivity index (χ1v) is 8.65. The molecule has 0 amide bonds. The Hall–Kier alpha value is -2.83. The molecule has 2 N–H and O–H groups in total. The zero-order valence-electron chi connectivity index (χ0n) is 14.3. The van der Waals surface area contributed by atoms with Gasteiger partial charge in [0.15, 0.2) is 11.4 Å². The summed E-state index contributed by atoms with van der Waals surface area (Å²) < 4.78 is 7.66. The van der Waals surface area contributed by atoms with Gasteiger partial charge in [-0.25, -0.2) is 4.52 Å². The zero-order chi connectivity index (χ0) is 17.3. The fourth-order valence-electron chi connectivity index (χ4n) is 3.09. The molecule has 0 aliphatic heterocycles. The Morgan fingerprint density at radius 3 is 3.04 bits per heavy atom. The average Bonchev–Trinajstić information content (AvgIpc) is 3.01. The number of nitrogens with zero attached hydrogens (tertiary/aromatic N) is 4. The molecule has 0 spiro atoms. The third-order valence-corrected chi connectivity index (χ3v) is 4.62. The van der Waals surface area contributed by atoms with Crippen molar-refractivity contribution in [2.24, 2.45) is 0 Å². The molecular formula is C18H22N6O. The van der Waals surface area contributed by atoms with Crippen LogP contribution in [-0.4, -0.2) is 36.9 Å². The van der Waals surface area contributed by atoms with Crippen LogP contribution in [0.5, 0.6) is 5.75 Å². The number of hydrogen-bond donors (Lipinski definition) is 2. The summed E-state index contributed by atoms with van der Waals surface area (Å²) in [7, 11) is 0. The van der Waals surface area contributed by atoms with Gasteiger partial charge in [-0.05, 0) is 38.7 Å². The molecule has 0 aromatic carbocycles. The highest BCUT2D eigenvalue weighted by molar-refractivity contribution is 5.77. The molecule has 130 valence electrons. The van der Waals surface area contributed by atoms with Gasteiger partial charge in [0.25, 0.3) is 0 Å². The van der Waals surface area contributed by atoms with Crippen molar-refractivity contribution in [2.45, 2.75) is 38.1 Å². The van der Waals surface area contributed by atoms with Crippen LogP contribution in [-0.2, 0) is 0 Å². The fourth-order valence-corrected chi connectivity index (χ4v) is 3.09. The van der Waals surface area contributed by atoms with Crippen LogP contribution in [0.1, 0.15) is 32.6 Å². The summed E-state index contributed by atoms with van der Waals surface area (Å²) in [6.07, 6.45) is 11.8. The normalized spacial score (nSPS) is 15.2. The number of fused-ring (bicyclic) bond motifs is 1. The molecule has 1 saturated carbocycles. The molecular weight excluding hydrogens is 316 g/mol. The second kappa shape index (κ2) is 6.23. The SMILES string of the molecule is C=CCCC1(Nc2nc3c(OCC)c(-c4cn[nH]c4)ccn3n2)CC1. The van der Waals surface area contributed by atoms with E-state index in [4.69, 9.17) is 9.72 Å². The molecule has 25 heavy (non-hydrogen) atoms. The summed E-state index contributed by atoms with van der Waals surface area (Å²) in [5, 5.41) is 15.0. The molecule has 3 aromatic heterocycles. The van der Waals surface area contributed by atoms with E-state index in [2.05, 4.69) is 27.2 Å². The second-order valence-electron chi connectivity index (χ2n) is 6.41. The van der Waals surface area contributed by atoms with Crippen LogP contribution in [0.2, 0.25) is 0 Å². The lowest BCUT2D eigenvalue weighted by Crippen LogP contribution is -2.21. The topological polar surface area (TPSA) is 80.1 Å². The van der Waals surface area contributed by atoms with Crippen molar-refractivity contribution in [2.75, 3.05) is 11.9 Å². The summed E-state index contributed by atoms with van der Waals surface area (Å²) in [4.78, 5) is 4.69. The minimum atomic E-state index is 0.123. The highest BCUT2D eigenvalue weighted by Crippen LogP contribution is 2.42. The first-order chi connectivity index (χ1) is 12.2. The van der Waals surface area contributed by atoms with Crippen LogP contribution < -0.4 is 10.1 Å². The van der Waals surface area contributed by atoms with Crippen molar-refractivity contribution in [3.63, 3.8) is 0 Å². The molecule has 3 heterocycles. The Bertz CT molecular complexity index is 878. The maximum absolute atomic E-state index is 5.89. The van der Waals surface area contributed by atoms with Gasteiger partial charge in [0.05, 0.1) is 12.8 Å². The van der Waals surface area contributed by atoms with E-state index in [9.17, 15) is 0 Å². The van der Waals surface area contributed by atoms with Crippen LogP contribution in [0.3, 0.4) is 0 Å². The van der Waals surface area contributed by atoms with E-state index in [0.29, 0.717) is 18.2 Å². The van der Waals surface area contributed by atoms with Crippen molar-refractivity contribution >= 4 is 11.6 Å². The summed E-state index contributed by atoms with van der Waals surface area (Å²) in [6, 6.07) is 1.98. The summed E-state index contributed by atoms with van der Waals surface area (Å²) in [5.74, 6) is 1.37. The van der Waals surface area contributed by atoms with E-state index in [0.717, 1.165) is 42.6 Å². The van der Waals surface area contributed by atoms with E-state index in [1.165, 1.54) is 0 Å². The number of anilines is 1. The van der Waals surface area contributed by atoms with Crippen molar-refractivity contribution in [3.8, 4) is 16.9 Å². The molecule has 1 aliphatic carbocycles. The van der Waals surface area contributed by atoms with Gasteiger partial charge in [0.1, 0.15) is 0 Å². The third kappa shape index (κ3) is 2.97. The molecule has 0 unspecified atom stereocenters. The molecule has 7 heteroatoms. The second-order valence-corrected chi connectivity index (χ2v) is 6.41. The maximum Gasteiger partial charge on any atom is 0.243 e. The first kappa shape index (κ1) is 15.7. The molecule has 0 radical (unpaired) electrons. The number of rotatable bonds is 8. The van der Waals surface area contributed by atoms with E-state index < -0.39 is 0 Å². The van der Waals surface area contributed by atoms with Gasteiger partial charge < -0.3 is 10.1 Å². The van der Waals surface area contributed by atoms with Gasteiger partial charge in [-0.3, -0.25) is 5.10 Å². The minimum absolute atomic E-state index is 0.123. The van der Waals surface area contributed by atoms with E-state index in [-0.39, 0.29) is 5.54 Å². The Kier molecular flexibility index (Phi) is 3.91. The number of H-pyrrole nitrogens is 1. The highest BCUT2D eigenvalue weighted by atomic mass is 16.5. The van der Waals surface area contributed by atoms with E-state index in [1.54, 1.807) is 10.7 Å². The number of hydrogen-bond acceptors (Lipinski definition) is 5. The van der Waals surface area contributed by atoms with Crippen LogP contribution in [0.15, 0.2) is 37.3 Å². The standard InChI is InChI=1S/C18H22N6O/c1-3-5-7-18(8-9-18)22-17-21-16-15(25-4-2)14(6-10-24(16)23-17)13-11-19-20-12-13/h3,6,10-12H,1,4-5,7-9H2,2H3,(H,19,20)(H,22,23). The van der Waals surface area contributed by atoms with Crippen LogP contribution >= 0.6 is 0 Å². The lowest BCUT2D eigenvalue weighted by molar-refractivity contribution is 0.343. The van der Waals surface area contributed by atoms with Gasteiger partial charge in [-0.2, -0.15) is 10.1 Å². The number of allylic oxidation sites excluding steroid dienone is 1. The summed E-state index contributed by atoms with van der Waals surface area (Å²) in [6.45, 7) is 6.34. The molecule has 1 aliphatic rings. The number of ether oxygens (including phenoxy) is 1. The van der Waals surface area contributed by atoms with Crippen LogP contribution in [0.25, 0.3) is 16.8 Å². The fraction of sp³-hybridized carbons (Fsp3) is 0.389. The highest BCUT2D eigenvalue weighted by Gasteiger charge is 2.42. The Morgan fingerprint density at radius 2 is 2.36 bits per heavy atom. The van der Waals surface area contributed by atoms with Crippen molar-refractivity contribution < 1.29 is 4.74 Å². The van der Waals surface area contributed by atoms with Crippen molar-refractivity contribution in [1.82, 2.24) is 24.8 Å². The number of nitrogens with one attached hydrogen (secondary N) is 2. The predicted molar refractivity (Wildman–Crippen MR) is 96.8 cm³/mol. The molecule has 0 saturated heterocycles. The smallest absolute Gasteiger partial charge is 0.243 e.